The number of hydrogen-bond acceptors (Lipinski definition) is 6. The van der Waals surface area contributed by atoms with Crippen LogP contribution in [0.15, 0.2) is 18.2 Å². The topological polar surface area (TPSA) is 99.6 Å². The van der Waals surface area contributed by atoms with Crippen molar-refractivity contribution in [3.05, 3.63) is 33.9 Å². The Bertz CT molecular complexity index is 526. The lowest BCUT2D eigenvalue weighted by molar-refractivity contribution is -0.385. The fraction of sp³-hybridized carbons (Fsp3) is 0.417. The summed E-state index contributed by atoms with van der Waals surface area (Å²) in [5.74, 6) is 0. The fourth-order valence-corrected chi connectivity index (χ4v) is 2.10. The Morgan fingerprint density at radius 2 is 2.42 bits per heavy atom. The number of nitro groups is 1. The van der Waals surface area contributed by atoms with Crippen LogP contribution in [0.3, 0.4) is 0 Å². The van der Waals surface area contributed by atoms with Crippen molar-refractivity contribution in [3.8, 4) is 6.07 Å². The van der Waals surface area contributed by atoms with Gasteiger partial charge in [0.05, 0.1) is 30.8 Å². The van der Waals surface area contributed by atoms with E-state index in [2.05, 4.69) is 0 Å². The van der Waals surface area contributed by atoms with E-state index in [9.17, 15) is 15.2 Å². The minimum absolute atomic E-state index is 0.0191. The highest BCUT2D eigenvalue weighted by Gasteiger charge is 2.24. The summed E-state index contributed by atoms with van der Waals surface area (Å²) >= 11 is 0. The lowest BCUT2D eigenvalue weighted by Gasteiger charge is -2.36. The van der Waals surface area contributed by atoms with Gasteiger partial charge in [0.15, 0.2) is 0 Å². The van der Waals surface area contributed by atoms with E-state index < -0.39 is 4.92 Å². The summed E-state index contributed by atoms with van der Waals surface area (Å²) in [5.41, 5.74) is 0.496. The molecule has 0 radical (unpaired) electrons. The Morgan fingerprint density at radius 1 is 1.63 bits per heavy atom. The molecule has 1 aliphatic rings. The molecule has 0 spiro atoms. The van der Waals surface area contributed by atoms with Crippen molar-refractivity contribution in [1.82, 2.24) is 0 Å². The van der Waals surface area contributed by atoms with E-state index in [1.54, 1.807) is 6.07 Å². The lowest BCUT2D eigenvalue weighted by Crippen LogP contribution is -2.47. The normalized spacial score (nSPS) is 18.9. The fourth-order valence-electron chi connectivity index (χ4n) is 2.10. The summed E-state index contributed by atoms with van der Waals surface area (Å²) < 4.78 is 5.27. The molecular weight excluding hydrogens is 250 g/mol. The second kappa shape index (κ2) is 5.65. The Balaban J connectivity index is 2.35. The SMILES string of the molecule is N#Cc1cc(N2CCOCC2CO)ccc1[N+](=O)[O-]. The van der Waals surface area contributed by atoms with E-state index in [1.807, 2.05) is 11.0 Å². The standard InChI is InChI=1S/C12H13N3O4/c13-6-9-5-10(1-2-12(9)15(17)18)14-3-4-19-8-11(14)7-16/h1-2,5,11,16H,3-4,7-8H2. The largest absolute Gasteiger partial charge is 0.394 e. The van der Waals surface area contributed by atoms with Crippen molar-refractivity contribution >= 4 is 11.4 Å². The first-order chi connectivity index (χ1) is 9.17. The van der Waals surface area contributed by atoms with Crippen LogP contribution in [0.4, 0.5) is 11.4 Å². The monoisotopic (exact) mass is 263 g/mol. The summed E-state index contributed by atoms with van der Waals surface area (Å²) in [6, 6.07) is 6.02. The second-order valence-electron chi connectivity index (χ2n) is 4.18. The minimum Gasteiger partial charge on any atom is -0.394 e. The average molecular weight is 263 g/mol. The molecule has 1 saturated heterocycles. The van der Waals surface area contributed by atoms with Gasteiger partial charge in [-0.25, -0.2) is 0 Å². The van der Waals surface area contributed by atoms with Gasteiger partial charge in [-0.15, -0.1) is 0 Å². The van der Waals surface area contributed by atoms with Gasteiger partial charge in [0.1, 0.15) is 11.6 Å². The molecule has 1 aromatic rings. The molecule has 1 heterocycles. The van der Waals surface area contributed by atoms with Gasteiger partial charge in [-0.3, -0.25) is 10.1 Å². The molecule has 2 rings (SSSR count). The molecule has 0 aromatic heterocycles. The highest BCUT2D eigenvalue weighted by atomic mass is 16.6. The number of nitrogens with zero attached hydrogens (tertiary/aromatic N) is 3. The van der Waals surface area contributed by atoms with Crippen molar-refractivity contribution < 1.29 is 14.8 Å². The number of nitro benzene ring substituents is 1. The molecule has 1 atom stereocenters. The Kier molecular flexibility index (Phi) is 3.94. The Morgan fingerprint density at radius 3 is 3.05 bits per heavy atom. The molecule has 19 heavy (non-hydrogen) atoms. The number of ether oxygens (including phenoxy) is 1. The van der Waals surface area contributed by atoms with E-state index in [4.69, 9.17) is 10.00 Å². The molecule has 1 aromatic carbocycles. The van der Waals surface area contributed by atoms with Crippen molar-refractivity contribution in [2.45, 2.75) is 6.04 Å². The van der Waals surface area contributed by atoms with Crippen molar-refractivity contribution in [3.63, 3.8) is 0 Å². The molecular formula is C12H13N3O4. The second-order valence-corrected chi connectivity index (χ2v) is 4.18. The van der Waals surface area contributed by atoms with E-state index in [1.165, 1.54) is 12.1 Å². The molecule has 0 bridgehead atoms. The van der Waals surface area contributed by atoms with Crippen molar-refractivity contribution in [2.75, 3.05) is 31.3 Å². The van der Waals surface area contributed by atoms with Crippen LogP contribution < -0.4 is 4.90 Å². The van der Waals surface area contributed by atoms with Crippen molar-refractivity contribution in [2.24, 2.45) is 0 Å². The summed E-state index contributed by atoms with van der Waals surface area (Å²) in [7, 11) is 0. The van der Waals surface area contributed by atoms with Gasteiger partial charge < -0.3 is 14.7 Å². The number of anilines is 1. The van der Waals surface area contributed by atoms with Crippen LogP contribution in [0.2, 0.25) is 0 Å². The number of rotatable bonds is 3. The number of nitriles is 1. The zero-order valence-electron chi connectivity index (χ0n) is 10.2. The van der Waals surface area contributed by atoms with Gasteiger partial charge in [0.2, 0.25) is 0 Å². The Hall–Kier alpha value is -2.17. The first kappa shape index (κ1) is 13.3. The average Bonchev–Trinajstić information content (AvgIpc) is 2.46. The zero-order valence-corrected chi connectivity index (χ0v) is 10.2. The van der Waals surface area contributed by atoms with Crippen LogP contribution in [0.25, 0.3) is 0 Å². The van der Waals surface area contributed by atoms with Gasteiger partial charge >= 0.3 is 0 Å². The number of aliphatic hydroxyl groups excluding tert-OH is 1. The summed E-state index contributed by atoms with van der Waals surface area (Å²) in [5, 5.41) is 29.0. The number of aliphatic hydroxyl groups is 1. The molecule has 1 unspecified atom stereocenters. The van der Waals surface area contributed by atoms with Gasteiger partial charge in [-0.2, -0.15) is 5.26 Å². The first-order valence-corrected chi connectivity index (χ1v) is 5.81. The first-order valence-electron chi connectivity index (χ1n) is 5.81. The number of hydrogen-bond donors (Lipinski definition) is 1. The number of benzene rings is 1. The minimum atomic E-state index is -0.578. The molecule has 1 aliphatic heterocycles. The third-order valence-electron chi connectivity index (χ3n) is 3.07. The maximum Gasteiger partial charge on any atom is 0.287 e. The zero-order chi connectivity index (χ0) is 13.8. The van der Waals surface area contributed by atoms with Crippen molar-refractivity contribution in [1.29, 1.82) is 5.26 Å². The third-order valence-corrected chi connectivity index (χ3v) is 3.07. The maximum absolute atomic E-state index is 10.8. The summed E-state index contributed by atoms with van der Waals surface area (Å²) in [6.07, 6.45) is 0. The van der Waals surface area contributed by atoms with Gasteiger partial charge in [-0.05, 0) is 12.1 Å². The summed E-state index contributed by atoms with van der Waals surface area (Å²) in [4.78, 5) is 12.1. The van der Waals surface area contributed by atoms with Crippen LogP contribution >= 0.6 is 0 Å². The quantitative estimate of drug-likeness (QED) is 0.635. The molecule has 0 saturated carbocycles. The maximum atomic E-state index is 10.8. The highest BCUT2D eigenvalue weighted by molar-refractivity contribution is 5.60. The molecule has 1 N–H and O–H groups in total. The predicted octanol–water partition coefficient (Wildman–Crippen LogP) is 0.664. The third kappa shape index (κ3) is 2.65. The van der Waals surface area contributed by atoms with Crippen LogP contribution in [0.1, 0.15) is 5.56 Å². The Labute approximate surface area is 109 Å². The smallest absolute Gasteiger partial charge is 0.287 e. The predicted molar refractivity (Wildman–Crippen MR) is 66.9 cm³/mol. The highest BCUT2D eigenvalue weighted by Crippen LogP contribution is 2.26. The van der Waals surface area contributed by atoms with Gasteiger partial charge in [0, 0.05) is 18.3 Å². The van der Waals surface area contributed by atoms with E-state index in [0.717, 1.165) is 0 Å². The molecule has 100 valence electrons. The van der Waals surface area contributed by atoms with Crippen LogP contribution in [-0.2, 0) is 4.74 Å². The van der Waals surface area contributed by atoms with E-state index in [0.29, 0.717) is 25.4 Å². The van der Waals surface area contributed by atoms with Crippen LogP contribution in [-0.4, -0.2) is 42.4 Å². The van der Waals surface area contributed by atoms with E-state index >= 15 is 0 Å². The van der Waals surface area contributed by atoms with Crippen LogP contribution in [0.5, 0.6) is 0 Å². The molecule has 0 aliphatic carbocycles. The lowest BCUT2D eigenvalue weighted by atomic mass is 10.1. The summed E-state index contributed by atoms with van der Waals surface area (Å²) in [6.45, 7) is 1.43. The van der Waals surface area contributed by atoms with E-state index in [-0.39, 0.29) is 23.9 Å². The molecule has 7 heteroatoms. The molecule has 0 amide bonds. The van der Waals surface area contributed by atoms with Gasteiger partial charge in [0.25, 0.3) is 5.69 Å². The molecule has 1 fully saturated rings. The van der Waals surface area contributed by atoms with Crippen LogP contribution in [0, 0.1) is 21.4 Å². The van der Waals surface area contributed by atoms with Gasteiger partial charge in [-0.1, -0.05) is 0 Å². The number of morpholine rings is 1. The molecule has 7 nitrogen and oxygen atoms in total.